The largest absolute Gasteiger partial charge is 0.307 e. The second-order valence-corrected chi connectivity index (χ2v) is 5.92. The van der Waals surface area contributed by atoms with Gasteiger partial charge in [-0.2, -0.15) is 0 Å². The van der Waals surface area contributed by atoms with Crippen molar-refractivity contribution < 1.29 is 0 Å². The molecule has 2 heterocycles. The van der Waals surface area contributed by atoms with Gasteiger partial charge in [-0.1, -0.05) is 40.2 Å². The van der Waals surface area contributed by atoms with E-state index in [4.69, 9.17) is 0 Å². The molecule has 2 aromatic heterocycles. The molecule has 2 nitrogen and oxygen atoms in total. The van der Waals surface area contributed by atoms with Gasteiger partial charge >= 0.3 is 0 Å². The Balaban J connectivity index is 0.000000312. The third kappa shape index (κ3) is 4.55. The van der Waals surface area contributed by atoms with Crippen molar-refractivity contribution in [2.24, 2.45) is 0 Å². The van der Waals surface area contributed by atoms with Crippen molar-refractivity contribution in [1.82, 2.24) is 9.38 Å². The lowest BCUT2D eigenvalue weighted by molar-refractivity contribution is 0.573. The normalized spacial score (nSPS) is 11.0. The smallest absolute Gasteiger partial charge is 0.137 e. The van der Waals surface area contributed by atoms with Gasteiger partial charge in [0.2, 0.25) is 0 Å². The molecular weight excluding hydrogens is 232 g/mol. The zero-order valence-corrected chi connectivity index (χ0v) is 12.9. The minimum atomic E-state index is 0.125. The van der Waals surface area contributed by atoms with Gasteiger partial charge in [-0.15, -0.1) is 6.58 Å². The fourth-order valence-corrected chi connectivity index (χ4v) is 1.65. The Bertz CT molecular complexity index is 530. The lowest BCUT2D eigenvalue weighted by Gasteiger charge is -2.13. The molecule has 0 aliphatic carbocycles. The third-order valence-corrected chi connectivity index (χ3v) is 2.88. The van der Waals surface area contributed by atoms with Crippen molar-refractivity contribution in [2.75, 3.05) is 0 Å². The Hall–Kier alpha value is -1.57. The third-order valence-electron chi connectivity index (χ3n) is 2.88. The zero-order chi connectivity index (χ0) is 14.5. The SMILES string of the molecule is C=CCCC.Cc1ccn2cc(C(C)(C)C)nc2c1. The fraction of sp³-hybridized carbons (Fsp3) is 0.471. The predicted octanol–water partition coefficient (Wildman–Crippen LogP) is 4.91. The number of fused-ring (bicyclic) bond motifs is 1. The van der Waals surface area contributed by atoms with Gasteiger partial charge in [0.1, 0.15) is 5.65 Å². The van der Waals surface area contributed by atoms with E-state index < -0.39 is 0 Å². The summed E-state index contributed by atoms with van der Waals surface area (Å²) in [5.41, 5.74) is 3.56. The van der Waals surface area contributed by atoms with Crippen LogP contribution in [0.25, 0.3) is 5.65 Å². The highest BCUT2D eigenvalue weighted by Gasteiger charge is 2.17. The maximum Gasteiger partial charge on any atom is 0.137 e. The molecule has 0 saturated carbocycles. The fourth-order valence-electron chi connectivity index (χ4n) is 1.65. The van der Waals surface area contributed by atoms with Crippen LogP contribution < -0.4 is 0 Å². The first-order chi connectivity index (χ1) is 8.88. The number of nitrogens with zero attached hydrogens (tertiary/aromatic N) is 2. The van der Waals surface area contributed by atoms with Crippen LogP contribution in [0.2, 0.25) is 0 Å². The first-order valence-corrected chi connectivity index (χ1v) is 6.95. The number of allylic oxidation sites excluding steroid dienone is 1. The van der Waals surface area contributed by atoms with Gasteiger partial charge < -0.3 is 4.40 Å². The van der Waals surface area contributed by atoms with Gasteiger partial charge in [0.25, 0.3) is 0 Å². The molecule has 2 rings (SSSR count). The summed E-state index contributed by atoms with van der Waals surface area (Å²) in [6.07, 6.45) is 8.48. The molecule has 19 heavy (non-hydrogen) atoms. The van der Waals surface area contributed by atoms with Gasteiger partial charge in [-0.3, -0.25) is 0 Å². The maximum absolute atomic E-state index is 4.61. The van der Waals surface area contributed by atoms with Gasteiger partial charge in [-0.05, 0) is 31.0 Å². The number of aromatic nitrogens is 2. The molecular formula is C17H26N2. The van der Waals surface area contributed by atoms with E-state index in [1.165, 1.54) is 12.0 Å². The summed E-state index contributed by atoms with van der Waals surface area (Å²) in [5, 5.41) is 0. The van der Waals surface area contributed by atoms with Crippen molar-refractivity contribution in [3.8, 4) is 0 Å². The number of imidazole rings is 1. The van der Waals surface area contributed by atoms with E-state index in [1.807, 2.05) is 6.08 Å². The van der Waals surface area contributed by atoms with E-state index in [2.05, 4.69) is 75.1 Å². The van der Waals surface area contributed by atoms with E-state index in [-0.39, 0.29) is 5.41 Å². The topological polar surface area (TPSA) is 17.3 Å². The van der Waals surface area contributed by atoms with Crippen LogP contribution in [-0.4, -0.2) is 9.38 Å². The van der Waals surface area contributed by atoms with Crippen molar-refractivity contribution in [3.63, 3.8) is 0 Å². The van der Waals surface area contributed by atoms with E-state index >= 15 is 0 Å². The van der Waals surface area contributed by atoms with Crippen LogP contribution in [0.5, 0.6) is 0 Å². The lowest BCUT2D eigenvalue weighted by Crippen LogP contribution is -2.11. The van der Waals surface area contributed by atoms with E-state index in [9.17, 15) is 0 Å². The Morgan fingerprint density at radius 3 is 2.53 bits per heavy atom. The van der Waals surface area contributed by atoms with Gasteiger partial charge in [-0.25, -0.2) is 4.98 Å². The molecule has 0 aliphatic rings. The summed E-state index contributed by atoms with van der Waals surface area (Å²) in [6, 6.07) is 4.20. The summed E-state index contributed by atoms with van der Waals surface area (Å²) < 4.78 is 2.08. The Morgan fingerprint density at radius 2 is 2.05 bits per heavy atom. The van der Waals surface area contributed by atoms with Crippen LogP contribution in [0.4, 0.5) is 0 Å². The molecule has 0 fully saturated rings. The molecule has 2 aromatic rings. The molecule has 0 aromatic carbocycles. The summed E-state index contributed by atoms with van der Waals surface area (Å²) in [6.45, 7) is 14.3. The van der Waals surface area contributed by atoms with Gasteiger partial charge in [0, 0.05) is 17.8 Å². The summed E-state index contributed by atoms with van der Waals surface area (Å²) >= 11 is 0. The maximum atomic E-state index is 4.61. The first-order valence-electron chi connectivity index (χ1n) is 6.95. The minimum Gasteiger partial charge on any atom is -0.307 e. The average molecular weight is 258 g/mol. The number of hydrogen-bond donors (Lipinski definition) is 0. The molecule has 0 unspecified atom stereocenters. The molecule has 0 saturated heterocycles. The molecule has 0 radical (unpaired) electrons. The predicted molar refractivity (Wildman–Crippen MR) is 83.7 cm³/mol. The van der Waals surface area contributed by atoms with Gasteiger partial charge in [0.05, 0.1) is 5.69 Å². The van der Waals surface area contributed by atoms with Crippen molar-refractivity contribution in [1.29, 1.82) is 0 Å². The van der Waals surface area contributed by atoms with E-state index in [0.29, 0.717) is 0 Å². The van der Waals surface area contributed by atoms with Crippen LogP contribution in [-0.2, 0) is 5.41 Å². The average Bonchev–Trinajstić information content (AvgIpc) is 2.73. The Morgan fingerprint density at radius 1 is 1.37 bits per heavy atom. The molecule has 0 bridgehead atoms. The molecule has 0 amide bonds. The second-order valence-electron chi connectivity index (χ2n) is 5.92. The lowest BCUT2D eigenvalue weighted by atomic mass is 9.93. The monoisotopic (exact) mass is 258 g/mol. The number of rotatable bonds is 2. The van der Waals surface area contributed by atoms with Crippen molar-refractivity contribution in [2.45, 2.75) is 52.9 Å². The highest BCUT2D eigenvalue weighted by molar-refractivity contribution is 5.43. The van der Waals surface area contributed by atoms with E-state index in [1.54, 1.807) is 0 Å². The minimum absolute atomic E-state index is 0.125. The molecule has 0 spiro atoms. The zero-order valence-electron chi connectivity index (χ0n) is 12.9. The van der Waals surface area contributed by atoms with E-state index in [0.717, 1.165) is 17.8 Å². The van der Waals surface area contributed by atoms with Crippen LogP contribution >= 0.6 is 0 Å². The molecule has 0 atom stereocenters. The number of hydrogen-bond acceptors (Lipinski definition) is 1. The van der Waals surface area contributed by atoms with Crippen LogP contribution in [0, 0.1) is 6.92 Å². The number of aryl methyl sites for hydroxylation is 1. The molecule has 2 heteroatoms. The summed E-state index contributed by atoms with van der Waals surface area (Å²) in [4.78, 5) is 4.61. The van der Waals surface area contributed by atoms with Gasteiger partial charge in [0.15, 0.2) is 0 Å². The standard InChI is InChI=1S/C12H16N2.C5H10/c1-9-5-6-14-8-10(12(2,3)4)13-11(14)7-9;1-3-5-4-2/h5-8H,1-4H3;3H,1,4-5H2,2H3. The second kappa shape index (κ2) is 6.55. The quantitative estimate of drug-likeness (QED) is 0.699. The van der Waals surface area contributed by atoms with Crippen LogP contribution in [0.3, 0.4) is 0 Å². The molecule has 104 valence electrons. The number of unbranched alkanes of at least 4 members (excludes halogenated alkanes) is 1. The van der Waals surface area contributed by atoms with Crippen LogP contribution in [0.1, 0.15) is 51.8 Å². The van der Waals surface area contributed by atoms with Crippen molar-refractivity contribution in [3.05, 3.63) is 48.4 Å². The van der Waals surface area contributed by atoms with Crippen LogP contribution in [0.15, 0.2) is 37.2 Å². The first kappa shape index (κ1) is 15.5. The molecule has 0 N–H and O–H groups in total. The summed E-state index contributed by atoms with van der Waals surface area (Å²) in [5.74, 6) is 0. The Labute approximate surface area is 117 Å². The Kier molecular flexibility index (Phi) is 5.34. The number of pyridine rings is 1. The van der Waals surface area contributed by atoms with Crippen molar-refractivity contribution >= 4 is 5.65 Å². The highest BCUT2D eigenvalue weighted by Crippen LogP contribution is 2.21. The molecule has 0 aliphatic heterocycles. The highest BCUT2D eigenvalue weighted by atomic mass is 15.0. The summed E-state index contributed by atoms with van der Waals surface area (Å²) in [7, 11) is 0.